The molecule has 6 heterocycles. The highest BCUT2D eigenvalue weighted by Gasteiger charge is 2.60. The lowest BCUT2D eigenvalue weighted by atomic mass is 9.47. The molecule has 9 rings (SSSR count). The Morgan fingerprint density at radius 2 is 1.78 bits per heavy atom. The predicted octanol–water partition coefficient (Wildman–Crippen LogP) is 6.96. The Kier molecular flexibility index (Phi) is 11.9. The Labute approximate surface area is 369 Å². The second-order valence-electron chi connectivity index (χ2n) is 19.0. The van der Waals surface area contributed by atoms with E-state index in [1.165, 1.54) is 12.7 Å². The number of fused-ring (bicyclic) bond motifs is 6. The highest BCUT2D eigenvalue weighted by molar-refractivity contribution is 6.01. The molecule has 7 atom stereocenters. The number of H-pyrrole nitrogens is 1. The van der Waals surface area contributed by atoms with Crippen LogP contribution in [0.5, 0.6) is 0 Å². The minimum absolute atomic E-state index is 0.0165. The maximum Gasteiger partial charge on any atom is 0.247 e. The molecule has 0 spiro atoms. The molecule has 0 aromatic carbocycles. The summed E-state index contributed by atoms with van der Waals surface area (Å²) in [5.74, 6) is 4.06. The number of amides is 3. The summed E-state index contributed by atoms with van der Waals surface area (Å²) in [4.78, 5) is 68.7. The van der Waals surface area contributed by atoms with Crippen molar-refractivity contribution in [2.45, 2.75) is 97.9 Å². The Morgan fingerprint density at radius 1 is 0.921 bits per heavy atom. The number of nitrogens with one attached hydrogen (secondary N) is 2. The first-order valence-corrected chi connectivity index (χ1v) is 23.0. The van der Waals surface area contributed by atoms with Gasteiger partial charge in [0.25, 0.3) is 0 Å². The van der Waals surface area contributed by atoms with E-state index in [1.807, 2.05) is 67.2 Å². The van der Waals surface area contributed by atoms with E-state index in [4.69, 9.17) is 9.72 Å². The van der Waals surface area contributed by atoms with Gasteiger partial charge in [-0.25, -0.2) is 19.9 Å². The first-order chi connectivity index (χ1) is 30.4. The van der Waals surface area contributed by atoms with Crippen molar-refractivity contribution in [3.8, 4) is 22.8 Å². The molecule has 2 aliphatic heterocycles. The highest BCUT2D eigenvalue weighted by Crippen LogP contribution is 2.66. The number of hydrogen-bond donors (Lipinski definition) is 2. The molecule has 0 bridgehead atoms. The van der Waals surface area contributed by atoms with Crippen molar-refractivity contribution >= 4 is 35.0 Å². The molecule has 3 amide bonds. The third kappa shape index (κ3) is 8.13. The van der Waals surface area contributed by atoms with Crippen LogP contribution in [0.4, 0.5) is 17.3 Å². The van der Waals surface area contributed by atoms with Gasteiger partial charge in [0.15, 0.2) is 17.5 Å². The normalized spacial score (nSPS) is 27.3. The van der Waals surface area contributed by atoms with Gasteiger partial charge < -0.3 is 19.9 Å². The lowest BCUT2D eigenvalue weighted by molar-refractivity contribution is -0.139. The zero-order valence-corrected chi connectivity index (χ0v) is 37.3. The van der Waals surface area contributed by atoms with Gasteiger partial charge in [-0.2, -0.15) is 5.10 Å². The van der Waals surface area contributed by atoms with Crippen LogP contribution in [0.15, 0.2) is 55.1 Å². The molecular weight excluding hydrogens is 795 g/mol. The SMILES string of the molecule is Cc1ccc(N(CCCCOCCCN2C(=O)CNc3ncc(-c4ccc(-c5ncn[nH]5)nc4C)nc32)C(=O)CC2CCC3C4CCC5N(C)C(=O)C=C[C@@]5(C)C4CC[C@@]23C)cn1. The number of anilines is 3. The van der Waals surface area contributed by atoms with E-state index < -0.39 is 0 Å². The number of ether oxygens (including phenoxy) is 1. The smallest absolute Gasteiger partial charge is 0.247 e. The van der Waals surface area contributed by atoms with Gasteiger partial charge in [-0.05, 0) is 131 Å². The number of likely N-dealkylation sites (N-methyl/N-ethyl adjacent to an activating group) is 1. The van der Waals surface area contributed by atoms with Crippen molar-refractivity contribution in [2.24, 2.45) is 34.5 Å². The standard InChI is InChI=1S/C48H61N11O4/c1-30-9-11-33(26-49-30)58(42(61)25-32-10-14-36-35-13-16-40-48(4,20-18-41(60)57(40)5)37(35)17-19-47(32,36)3)21-6-7-23-63-24-8-22-59-43(62)28-51-45-46(59)55-39(27-50-45)34-12-15-38(54-31(34)2)44-52-29-53-56-44/h9,11-12,15,18,20,26-27,29,32,35-37,40H,6-8,10,13-14,16-17,19,21-25,28H2,1-5H3,(H,50,51)(H,52,53,56)/t32?,35?,36?,37?,40?,47-,48-/m0/s1. The maximum absolute atomic E-state index is 14.4. The number of pyridine rings is 2. The Morgan fingerprint density at radius 3 is 2.57 bits per heavy atom. The van der Waals surface area contributed by atoms with Crippen molar-refractivity contribution in [1.82, 2.24) is 40.0 Å². The zero-order chi connectivity index (χ0) is 43.9. The van der Waals surface area contributed by atoms with Gasteiger partial charge in [-0.1, -0.05) is 19.9 Å². The third-order valence-corrected chi connectivity index (χ3v) is 15.6. The summed E-state index contributed by atoms with van der Waals surface area (Å²) in [6.45, 7) is 11.0. The fourth-order valence-electron chi connectivity index (χ4n) is 12.1. The molecule has 3 fully saturated rings. The lowest BCUT2D eigenvalue weighted by Gasteiger charge is -2.60. The van der Waals surface area contributed by atoms with Gasteiger partial charge in [-0.3, -0.25) is 29.4 Å². The molecule has 3 aliphatic carbocycles. The molecule has 63 heavy (non-hydrogen) atoms. The van der Waals surface area contributed by atoms with Crippen molar-refractivity contribution < 1.29 is 19.1 Å². The van der Waals surface area contributed by atoms with Gasteiger partial charge in [0.1, 0.15) is 12.0 Å². The van der Waals surface area contributed by atoms with E-state index >= 15 is 0 Å². The molecule has 0 saturated heterocycles. The van der Waals surface area contributed by atoms with Crippen LogP contribution in [0, 0.1) is 48.3 Å². The Hall–Kier alpha value is -5.57. The molecule has 332 valence electrons. The summed E-state index contributed by atoms with van der Waals surface area (Å²) in [6, 6.07) is 8.08. The molecule has 4 aromatic heterocycles. The van der Waals surface area contributed by atoms with E-state index in [1.54, 1.807) is 11.1 Å². The highest BCUT2D eigenvalue weighted by atomic mass is 16.5. The van der Waals surface area contributed by atoms with E-state index in [2.05, 4.69) is 55.4 Å². The van der Waals surface area contributed by atoms with Crippen molar-refractivity contribution in [1.29, 1.82) is 0 Å². The van der Waals surface area contributed by atoms with E-state index in [0.717, 1.165) is 67.6 Å². The Balaban J connectivity index is 0.774. The van der Waals surface area contributed by atoms with E-state index in [-0.39, 0.29) is 41.1 Å². The van der Waals surface area contributed by atoms with Crippen LogP contribution in [0.3, 0.4) is 0 Å². The molecular formula is C48H61N11O4. The second kappa shape index (κ2) is 17.5. The first-order valence-electron chi connectivity index (χ1n) is 23.0. The minimum atomic E-state index is -0.0697. The molecule has 4 aromatic rings. The molecule has 2 N–H and O–H groups in total. The number of aromatic nitrogens is 7. The zero-order valence-electron chi connectivity index (χ0n) is 37.3. The third-order valence-electron chi connectivity index (χ3n) is 15.6. The van der Waals surface area contributed by atoms with E-state index in [9.17, 15) is 14.4 Å². The largest absolute Gasteiger partial charge is 0.381 e. The first kappa shape index (κ1) is 42.7. The maximum atomic E-state index is 14.4. The van der Waals surface area contributed by atoms with Crippen LogP contribution in [0.2, 0.25) is 0 Å². The molecule has 3 saturated carbocycles. The van der Waals surface area contributed by atoms with Crippen molar-refractivity contribution in [3.05, 3.63) is 66.5 Å². The van der Waals surface area contributed by atoms with Gasteiger partial charge in [0.05, 0.1) is 30.3 Å². The number of unbranched alkanes of at least 4 members (excludes halogenated alkanes) is 1. The average Bonchev–Trinajstić information content (AvgIpc) is 3.94. The summed E-state index contributed by atoms with van der Waals surface area (Å²) in [7, 11) is 1.98. The van der Waals surface area contributed by atoms with Crippen molar-refractivity contribution in [2.75, 3.05) is 55.0 Å². The van der Waals surface area contributed by atoms with Crippen LogP contribution in [0.25, 0.3) is 22.8 Å². The number of hydrogen-bond acceptors (Lipinski definition) is 11. The molecule has 5 unspecified atom stereocenters. The molecule has 15 heteroatoms. The quantitative estimate of drug-likeness (QED) is 0.126. The molecule has 0 radical (unpaired) electrons. The van der Waals surface area contributed by atoms with Crippen LogP contribution in [0.1, 0.15) is 89.4 Å². The minimum Gasteiger partial charge on any atom is -0.381 e. The fraction of sp³-hybridized carbons (Fsp3) is 0.562. The summed E-state index contributed by atoms with van der Waals surface area (Å²) in [6.07, 6.45) is 18.6. The second-order valence-corrected chi connectivity index (χ2v) is 19.0. The Bertz CT molecular complexity index is 2350. The van der Waals surface area contributed by atoms with Crippen LogP contribution in [-0.2, 0) is 19.1 Å². The molecule has 15 nitrogen and oxygen atoms in total. The van der Waals surface area contributed by atoms with Crippen LogP contribution in [-0.4, -0.2) is 104 Å². The number of aryl methyl sites for hydroxylation is 2. The summed E-state index contributed by atoms with van der Waals surface area (Å²) in [5.41, 5.74) is 4.81. The summed E-state index contributed by atoms with van der Waals surface area (Å²) in [5, 5.41) is 9.86. The van der Waals surface area contributed by atoms with Gasteiger partial charge in [-0.15, -0.1) is 0 Å². The van der Waals surface area contributed by atoms with Gasteiger partial charge in [0, 0.05) is 68.2 Å². The predicted molar refractivity (Wildman–Crippen MR) is 240 cm³/mol. The summed E-state index contributed by atoms with van der Waals surface area (Å²) < 4.78 is 6.09. The van der Waals surface area contributed by atoms with Gasteiger partial charge >= 0.3 is 0 Å². The number of aromatic amines is 1. The van der Waals surface area contributed by atoms with Crippen LogP contribution >= 0.6 is 0 Å². The number of rotatable bonds is 14. The van der Waals surface area contributed by atoms with E-state index in [0.29, 0.717) is 91.7 Å². The lowest BCUT2D eigenvalue weighted by Crippen LogP contribution is -2.59. The fourth-order valence-corrected chi connectivity index (χ4v) is 12.1. The number of carbonyl (C=O) groups excluding carboxylic acids is 3. The summed E-state index contributed by atoms with van der Waals surface area (Å²) >= 11 is 0. The number of carbonyl (C=O) groups is 3. The number of nitrogens with zero attached hydrogens (tertiary/aromatic N) is 9. The average molecular weight is 856 g/mol. The van der Waals surface area contributed by atoms with Crippen LogP contribution < -0.4 is 15.1 Å². The monoisotopic (exact) mass is 855 g/mol. The van der Waals surface area contributed by atoms with Gasteiger partial charge in [0.2, 0.25) is 17.7 Å². The topological polar surface area (TPSA) is 175 Å². The molecule has 5 aliphatic rings. The van der Waals surface area contributed by atoms with Crippen molar-refractivity contribution in [3.63, 3.8) is 0 Å².